The van der Waals surface area contributed by atoms with Crippen LogP contribution in [0.2, 0.25) is 0 Å². The molecular formula is C72H106N16O25S. The number of aromatic amines is 2. The SMILES string of the molecule is CC.CC.CCCC(=O)CCC(NC(=O)c1ccc(NCc2cnc3nc(N)[nH]c(=O)c3n2)cc1)C(=O)O.CCNC(=O)CCSCCCO[C@H]1OC(C)[C@@H](O)C(O)[C@@H]1O.CO[C@H]1OC(CO)[C@@H](O[C@H]2OC(CNC(=O)CCC(NC(=O)c3ccc(NCc4cnc5nc(N)[nH]c(=O)c5n4)cc3)C(=O)O)C[C@H](O)C2O)[C@H](O)C1O. The molecule has 6 aromatic rings. The summed E-state index contributed by atoms with van der Waals surface area (Å²) in [6, 6.07) is 9.91. The van der Waals surface area contributed by atoms with Crippen molar-refractivity contribution in [3.63, 3.8) is 0 Å². The van der Waals surface area contributed by atoms with Crippen LogP contribution in [0.1, 0.15) is 138 Å². The summed E-state index contributed by atoms with van der Waals surface area (Å²) in [4.78, 5) is 138. The molecule has 4 amide bonds. The second-order valence-electron chi connectivity index (χ2n) is 25.4. The molecule has 2 aromatic carbocycles. The number of hydrogen-bond acceptors (Lipinski definition) is 34. The van der Waals surface area contributed by atoms with Crippen molar-refractivity contribution in [3.8, 4) is 0 Å². The van der Waals surface area contributed by atoms with Crippen molar-refractivity contribution in [3.05, 3.63) is 104 Å². The fourth-order valence-corrected chi connectivity index (χ4v) is 11.9. The number of ether oxygens (including phenoxy) is 6. The summed E-state index contributed by atoms with van der Waals surface area (Å²) in [7, 11) is 1.23. The van der Waals surface area contributed by atoms with Crippen LogP contribution in [-0.2, 0) is 65.5 Å². The van der Waals surface area contributed by atoms with Crippen molar-refractivity contribution in [2.75, 3.05) is 67.0 Å². The van der Waals surface area contributed by atoms with Gasteiger partial charge < -0.3 is 123 Å². The van der Waals surface area contributed by atoms with E-state index in [0.29, 0.717) is 55.2 Å². The third kappa shape index (κ3) is 29.3. The monoisotopic (exact) mass is 1630 g/mol. The molecule has 3 saturated heterocycles. The summed E-state index contributed by atoms with van der Waals surface area (Å²) >= 11 is 1.66. The number of aromatic nitrogens is 8. The van der Waals surface area contributed by atoms with Gasteiger partial charge in [0.15, 0.2) is 41.2 Å². The van der Waals surface area contributed by atoms with E-state index in [1.165, 1.54) is 31.6 Å². The first-order valence-electron chi connectivity index (χ1n) is 37.1. The number of carboxylic acids is 2. The summed E-state index contributed by atoms with van der Waals surface area (Å²) in [6.07, 6.45) is -12.9. The molecule has 3 aliphatic rings. The Morgan fingerprint density at radius 3 is 1.61 bits per heavy atom. The number of aliphatic carboxylic acids is 2. The van der Waals surface area contributed by atoms with E-state index in [1.54, 1.807) is 55.1 Å². The Morgan fingerprint density at radius 2 is 1.12 bits per heavy atom. The topological polar surface area (TPSA) is 644 Å². The molecule has 0 spiro atoms. The van der Waals surface area contributed by atoms with Crippen LogP contribution in [0.3, 0.4) is 0 Å². The second kappa shape index (κ2) is 48.5. The Hall–Kier alpha value is -9.64. The Morgan fingerprint density at radius 1 is 0.614 bits per heavy atom. The smallest absolute Gasteiger partial charge is 0.326 e. The molecule has 3 fully saturated rings. The van der Waals surface area contributed by atoms with Gasteiger partial charge in [-0.3, -0.25) is 43.5 Å². The molecule has 8 unspecified atom stereocenters. The molecule has 0 radical (unpaired) electrons. The molecule has 41 nitrogen and oxygen atoms in total. The van der Waals surface area contributed by atoms with Crippen molar-refractivity contribution < 1.29 is 113 Å². The van der Waals surface area contributed by atoms with E-state index in [4.69, 9.17) is 39.9 Å². The number of aliphatic hydroxyl groups excluding tert-OH is 8. The highest BCUT2D eigenvalue weighted by Crippen LogP contribution is 2.30. The van der Waals surface area contributed by atoms with Crippen LogP contribution >= 0.6 is 11.8 Å². The number of methoxy groups -OCH3 is 1. The number of carboxylic acid groups (broad SMARTS) is 2. The lowest BCUT2D eigenvalue weighted by Gasteiger charge is -2.45. The number of nitrogens with one attached hydrogen (secondary N) is 8. The Kier molecular flexibility index (Phi) is 40.4. The summed E-state index contributed by atoms with van der Waals surface area (Å²) in [5, 5.41) is 116. The number of fused-ring (bicyclic) bond motifs is 2. The Balaban J connectivity index is 0.000000329. The average molecular weight is 1630 g/mol. The normalized spacial score (nSPS) is 22.8. The highest BCUT2D eigenvalue weighted by atomic mass is 32.2. The number of rotatable bonds is 35. The van der Waals surface area contributed by atoms with Gasteiger partial charge in [0, 0.05) is 80.6 Å². The molecule has 4 aromatic heterocycles. The first kappa shape index (κ1) is 95.0. The number of amides is 4. The minimum absolute atomic E-state index is 0.0226. The van der Waals surface area contributed by atoms with Crippen LogP contribution in [0.5, 0.6) is 0 Å². The van der Waals surface area contributed by atoms with Gasteiger partial charge in [0.2, 0.25) is 23.7 Å². The number of H-pyrrole nitrogens is 2. The number of aliphatic hydroxyl groups is 8. The molecule has 22 N–H and O–H groups in total. The fourth-order valence-electron chi connectivity index (χ4n) is 11.1. The van der Waals surface area contributed by atoms with Gasteiger partial charge >= 0.3 is 11.9 Å². The van der Waals surface area contributed by atoms with E-state index in [1.807, 2.05) is 41.5 Å². The van der Waals surface area contributed by atoms with Gasteiger partial charge in [-0.2, -0.15) is 21.7 Å². The summed E-state index contributed by atoms with van der Waals surface area (Å²) in [6.45, 7) is 14.0. The van der Waals surface area contributed by atoms with Crippen molar-refractivity contribution in [1.82, 2.24) is 61.1 Å². The van der Waals surface area contributed by atoms with E-state index in [-0.39, 0.29) is 109 Å². The van der Waals surface area contributed by atoms with Crippen LogP contribution in [-0.4, -0.2) is 275 Å². The highest BCUT2D eigenvalue weighted by Gasteiger charge is 2.49. The first-order chi connectivity index (χ1) is 54.5. The Labute approximate surface area is 658 Å². The van der Waals surface area contributed by atoms with E-state index < -0.39 is 145 Å². The van der Waals surface area contributed by atoms with Gasteiger partial charge in [-0.25, -0.2) is 29.5 Å². The molecule has 42 heteroatoms. The zero-order valence-electron chi connectivity index (χ0n) is 64.4. The van der Waals surface area contributed by atoms with Gasteiger partial charge in [-0.1, -0.05) is 34.6 Å². The second-order valence-corrected chi connectivity index (χ2v) is 26.6. The summed E-state index contributed by atoms with van der Waals surface area (Å²) in [5.41, 5.74) is 12.9. The predicted octanol–water partition coefficient (Wildman–Crippen LogP) is -0.934. The number of nitrogens with two attached hydrogens (primary N) is 2. The molecular weight excluding hydrogens is 1520 g/mol. The predicted molar refractivity (Wildman–Crippen MR) is 413 cm³/mol. The number of nitrogens with zero attached hydrogens (tertiary/aromatic N) is 6. The summed E-state index contributed by atoms with van der Waals surface area (Å²) in [5.74, 6) is -2.89. The molecule has 114 heavy (non-hydrogen) atoms. The zero-order valence-corrected chi connectivity index (χ0v) is 65.2. The van der Waals surface area contributed by atoms with Gasteiger partial charge in [0.1, 0.15) is 66.7 Å². The molecule has 7 heterocycles. The highest BCUT2D eigenvalue weighted by molar-refractivity contribution is 7.99. The number of nitrogen functional groups attached to an aromatic ring is 2. The average Bonchev–Trinajstić information content (AvgIpc) is 0.761. The van der Waals surface area contributed by atoms with Gasteiger partial charge in [0.25, 0.3) is 22.9 Å². The van der Waals surface area contributed by atoms with Crippen LogP contribution in [0, 0.1) is 0 Å². The maximum Gasteiger partial charge on any atom is 0.326 e. The third-order valence-corrected chi connectivity index (χ3v) is 18.1. The number of Topliss-reactive ketones (excluding diaryl/α,β-unsaturated/α-hetero) is 1. The molecule has 3 aliphatic heterocycles. The third-order valence-electron chi connectivity index (χ3n) is 17.1. The molecule has 16 atom stereocenters. The van der Waals surface area contributed by atoms with Gasteiger partial charge in [0.05, 0.1) is 68.4 Å². The lowest BCUT2D eigenvalue weighted by Crippen LogP contribution is -2.62. The standard InChI is InChI=1S/C32H42N8O14.C22H25N7O5.C14H27NO6S.2C2H6/c1-51-30-24(46)23(45)25(19(12-41)53-30)54-31-22(44)18(42)8-16(52-31)11-35-20(43)7-6-17(29(49)50)38-27(47)13-2-4-14(5-3-13)34-9-15-10-36-26-21(37-15)28(48)40-32(33)39-26;1-2-3-15(30)8-9-16(21(33)34)27-19(31)12-4-6-13(7-5-12)24-10-14-11-25-18-17(26-14)20(32)29-22(23)28-18;1-3-15-10(16)5-8-22-7-4-6-20-14-13(19)12(18)11(17)9(2)21-14;2*1-2/h2-5,10,16-19,22-25,30-31,34,41-42,44-46H,6-9,11-12H2,1H3,(H,35,43)(H,38,47)(H,49,50)(H3,33,36,39,40,48);4-7,11,16,24H,2-3,8-10H2,1H3,(H,27,31)(H,33,34)(H3,23,25,28,29,32);9,11-14,17-19H,3-8H2,1-2H3,(H,15,16);2*1-2H3/t16?,17?,18-,19?,22?,23+,24?,25+,30-,31+;;9?,11-,12?,13+,14+;;/m0.1../s1. The van der Waals surface area contributed by atoms with E-state index in [9.17, 15) is 94.2 Å². The molecule has 9 rings (SSSR count). The lowest BCUT2D eigenvalue weighted by atomic mass is 9.98. The fraction of sp³-hybridized carbons (Fsp3) is 0.569. The maximum absolute atomic E-state index is 12.9. The van der Waals surface area contributed by atoms with Crippen LogP contribution in [0.25, 0.3) is 22.3 Å². The number of hydrogen-bond donors (Lipinski definition) is 20. The minimum atomic E-state index is -1.62. The van der Waals surface area contributed by atoms with E-state index in [0.717, 1.165) is 17.9 Å². The lowest BCUT2D eigenvalue weighted by molar-refractivity contribution is -0.346. The number of benzene rings is 2. The van der Waals surface area contributed by atoms with Crippen molar-refractivity contribution in [2.45, 2.75) is 217 Å². The van der Waals surface area contributed by atoms with E-state index >= 15 is 0 Å². The number of carbonyl (C=O) groups excluding carboxylic acids is 5. The van der Waals surface area contributed by atoms with Crippen molar-refractivity contribution in [1.29, 1.82) is 0 Å². The van der Waals surface area contributed by atoms with E-state index in [2.05, 4.69) is 71.8 Å². The molecule has 0 saturated carbocycles. The van der Waals surface area contributed by atoms with Crippen LogP contribution < -0.4 is 54.5 Å². The van der Waals surface area contributed by atoms with Gasteiger partial charge in [-0.15, -0.1) is 0 Å². The van der Waals surface area contributed by atoms with Crippen LogP contribution in [0.15, 0.2) is 70.5 Å². The zero-order chi connectivity index (χ0) is 84.3. The molecule has 630 valence electrons. The Bertz CT molecular complexity index is 4160. The van der Waals surface area contributed by atoms with Gasteiger partial charge in [-0.05, 0) is 93.8 Å². The quantitative estimate of drug-likeness (QED) is 0.0214. The number of ketones is 1. The number of anilines is 4. The first-order valence-corrected chi connectivity index (χ1v) is 38.2. The summed E-state index contributed by atoms with van der Waals surface area (Å²) < 4.78 is 32.4. The number of thioether (sulfide) groups is 1. The molecule has 0 aliphatic carbocycles. The van der Waals surface area contributed by atoms with Crippen LogP contribution in [0.4, 0.5) is 23.3 Å². The largest absolute Gasteiger partial charge is 0.480 e. The molecule has 0 bridgehead atoms. The maximum atomic E-state index is 12.9. The van der Waals surface area contributed by atoms with Crippen molar-refractivity contribution >= 4 is 98.7 Å². The number of carbonyl (C=O) groups is 7. The van der Waals surface area contributed by atoms with Crippen molar-refractivity contribution in [2.24, 2.45) is 0 Å². The minimum Gasteiger partial charge on any atom is -0.480 e.